The van der Waals surface area contributed by atoms with E-state index in [4.69, 9.17) is 4.74 Å². The molecular weight excluding hydrogens is 288 g/mol. The highest BCUT2D eigenvalue weighted by Crippen LogP contribution is 2.27. The summed E-state index contributed by atoms with van der Waals surface area (Å²) in [4.78, 5) is 0. The van der Waals surface area contributed by atoms with Crippen molar-refractivity contribution in [1.29, 1.82) is 0 Å². The standard InChI is InChI=1S/C16H17BrO/c1-18-16-10-6-5-9-14(16)11-15(12-17)13-7-3-2-4-8-13/h2-10,15H,11-12H2,1H3. The SMILES string of the molecule is COc1ccccc1CC(CBr)c1ccccc1. The lowest BCUT2D eigenvalue weighted by atomic mass is 9.93. The molecule has 0 aliphatic heterocycles. The summed E-state index contributed by atoms with van der Waals surface area (Å²) in [5.41, 5.74) is 2.62. The van der Waals surface area contributed by atoms with Gasteiger partial charge in [0, 0.05) is 5.33 Å². The molecule has 2 rings (SSSR count). The average molecular weight is 305 g/mol. The molecule has 0 aliphatic rings. The predicted octanol–water partition coefficient (Wildman–Crippen LogP) is 4.42. The van der Waals surface area contributed by atoms with Crippen molar-refractivity contribution in [3.05, 3.63) is 65.7 Å². The number of hydrogen-bond acceptors (Lipinski definition) is 1. The van der Waals surface area contributed by atoms with Gasteiger partial charge in [-0.15, -0.1) is 0 Å². The van der Waals surface area contributed by atoms with Crippen LogP contribution in [0, 0.1) is 0 Å². The molecule has 18 heavy (non-hydrogen) atoms. The van der Waals surface area contributed by atoms with Gasteiger partial charge in [0.05, 0.1) is 7.11 Å². The third-order valence-electron chi connectivity index (χ3n) is 3.12. The average Bonchev–Trinajstić information content (AvgIpc) is 2.46. The monoisotopic (exact) mass is 304 g/mol. The molecule has 0 aliphatic carbocycles. The summed E-state index contributed by atoms with van der Waals surface area (Å²) in [6.45, 7) is 0. The smallest absolute Gasteiger partial charge is 0.122 e. The van der Waals surface area contributed by atoms with Gasteiger partial charge in [-0.05, 0) is 29.5 Å². The van der Waals surface area contributed by atoms with E-state index in [0.717, 1.165) is 17.5 Å². The lowest BCUT2D eigenvalue weighted by molar-refractivity contribution is 0.408. The molecule has 0 bridgehead atoms. The summed E-state index contributed by atoms with van der Waals surface area (Å²) in [5.74, 6) is 1.45. The molecule has 0 N–H and O–H groups in total. The van der Waals surface area contributed by atoms with E-state index in [0.29, 0.717) is 5.92 Å². The molecule has 0 radical (unpaired) electrons. The zero-order valence-electron chi connectivity index (χ0n) is 10.5. The fourth-order valence-electron chi connectivity index (χ4n) is 2.12. The van der Waals surface area contributed by atoms with Crippen molar-refractivity contribution < 1.29 is 4.74 Å². The van der Waals surface area contributed by atoms with E-state index in [1.807, 2.05) is 12.1 Å². The molecule has 0 fully saturated rings. The van der Waals surface area contributed by atoms with Crippen molar-refractivity contribution in [1.82, 2.24) is 0 Å². The second-order valence-corrected chi connectivity index (χ2v) is 4.93. The van der Waals surface area contributed by atoms with Gasteiger partial charge in [-0.3, -0.25) is 0 Å². The van der Waals surface area contributed by atoms with Crippen molar-refractivity contribution in [2.45, 2.75) is 12.3 Å². The van der Waals surface area contributed by atoms with Crippen LogP contribution < -0.4 is 4.74 Å². The topological polar surface area (TPSA) is 9.23 Å². The highest BCUT2D eigenvalue weighted by molar-refractivity contribution is 9.09. The number of ether oxygens (including phenoxy) is 1. The first-order valence-electron chi connectivity index (χ1n) is 6.08. The van der Waals surface area contributed by atoms with Crippen molar-refractivity contribution in [3.8, 4) is 5.75 Å². The molecule has 94 valence electrons. The Hall–Kier alpha value is -1.28. The maximum atomic E-state index is 5.41. The number of hydrogen-bond donors (Lipinski definition) is 0. The minimum Gasteiger partial charge on any atom is -0.496 e. The van der Waals surface area contributed by atoms with Gasteiger partial charge in [0.25, 0.3) is 0 Å². The molecule has 2 aromatic carbocycles. The fourth-order valence-corrected chi connectivity index (χ4v) is 2.73. The minimum atomic E-state index is 0.475. The van der Waals surface area contributed by atoms with E-state index in [-0.39, 0.29) is 0 Å². The molecule has 1 atom stereocenters. The first-order chi connectivity index (χ1) is 8.85. The van der Waals surface area contributed by atoms with Crippen LogP contribution in [0.2, 0.25) is 0 Å². The number of methoxy groups -OCH3 is 1. The van der Waals surface area contributed by atoms with Gasteiger partial charge in [0.2, 0.25) is 0 Å². The molecule has 0 heterocycles. The van der Waals surface area contributed by atoms with E-state index >= 15 is 0 Å². The van der Waals surface area contributed by atoms with Gasteiger partial charge in [-0.2, -0.15) is 0 Å². The Bertz CT molecular complexity index is 481. The van der Waals surface area contributed by atoms with Gasteiger partial charge < -0.3 is 4.74 Å². The van der Waals surface area contributed by atoms with E-state index in [9.17, 15) is 0 Å². The van der Waals surface area contributed by atoms with Gasteiger partial charge in [-0.1, -0.05) is 64.5 Å². The van der Waals surface area contributed by atoms with Gasteiger partial charge >= 0.3 is 0 Å². The maximum absolute atomic E-state index is 5.41. The molecule has 0 saturated carbocycles. The van der Waals surface area contributed by atoms with Crippen LogP contribution in [0.15, 0.2) is 54.6 Å². The van der Waals surface area contributed by atoms with Crippen LogP contribution in [0.4, 0.5) is 0 Å². The zero-order valence-corrected chi connectivity index (χ0v) is 12.1. The number of halogens is 1. The first-order valence-corrected chi connectivity index (χ1v) is 7.20. The van der Waals surface area contributed by atoms with Gasteiger partial charge in [-0.25, -0.2) is 0 Å². The van der Waals surface area contributed by atoms with Crippen LogP contribution in [0.5, 0.6) is 5.75 Å². The third kappa shape index (κ3) is 3.14. The van der Waals surface area contributed by atoms with Crippen LogP contribution in [0.1, 0.15) is 17.0 Å². The summed E-state index contributed by atoms with van der Waals surface area (Å²) in [7, 11) is 1.73. The second-order valence-electron chi connectivity index (χ2n) is 4.28. The minimum absolute atomic E-state index is 0.475. The summed E-state index contributed by atoms with van der Waals surface area (Å²) < 4.78 is 5.41. The van der Waals surface area contributed by atoms with Crippen molar-refractivity contribution >= 4 is 15.9 Å². The Kier molecular flexibility index (Phi) is 4.82. The second kappa shape index (κ2) is 6.60. The predicted molar refractivity (Wildman–Crippen MR) is 79.7 cm³/mol. The molecule has 2 heteroatoms. The van der Waals surface area contributed by atoms with Gasteiger partial charge in [0.15, 0.2) is 0 Å². The summed E-state index contributed by atoms with van der Waals surface area (Å²) in [5, 5.41) is 0.953. The van der Waals surface area contributed by atoms with Crippen molar-refractivity contribution in [2.24, 2.45) is 0 Å². The highest BCUT2D eigenvalue weighted by Gasteiger charge is 2.13. The molecule has 1 unspecified atom stereocenters. The fraction of sp³-hybridized carbons (Fsp3) is 0.250. The molecule has 0 saturated heterocycles. The van der Waals surface area contributed by atoms with E-state index in [2.05, 4.69) is 58.4 Å². The van der Waals surface area contributed by atoms with E-state index in [1.54, 1.807) is 7.11 Å². The summed E-state index contributed by atoms with van der Waals surface area (Å²) in [6.07, 6.45) is 0.985. The summed E-state index contributed by atoms with van der Waals surface area (Å²) >= 11 is 3.62. The normalized spacial score (nSPS) is 12.1. The molecular formula is C16H17BrO. The van der Waals surface area contributed by atoms with E-state index in [1.165, 1.54) is 11.1 Å². The van der Waals surface area contributed by atoms with Crippen LogP contribution in [-0.4, -0.2) is 12.4 Å². The Labute approximate surface area is 117 Å². The maximum Gasteiger partial charge on any atom is 0.122 e. The number of rotatable bonds is 5. The van der Waals surface area contributed by atoms with Crippen LogP contribution in [0.25, 0.3) is 0 Å². The Morgan fingerprint density at radius 1 is 1.00 bits per heavy atom. The lowest BCUT2D eigenvalue weighted by Gasteiger charge is -2.16. The number of alkyl halides is 1. The molecule has 2 aromatic rings. The van der Waals surface area contributed by atoms with Crippen molar-refractivity contribution in [3.63, 3.8) is 0 Å². The molecule has 0 spiro atoms. The molecule has 0 amide bonds. The highest BCUT2D eigenvalue weighted by atomic mass is 79.9. The summed E-state index contributed by atoms with van der Waals surface area (Å²) in [6, 6.07) is 18.8. The Morgan fingerprint density at radius 2 is 1.67 bits per heavy atom. The van der Waals surface area contributed by atoms with Gasteiger partial charge in [0.1, 0.15) is 5.75 Å². The number of benzene rings is 2. The lowest BCUT2D eigenvalue weighted by Crippen LogP contribution is -2.05. The largest absolute Gasteiger partial charge is 0.496 e. The van der Waals surface area contributed by atoms with Crippen LogP contribution in [0.3, 0.4) is 0 Å². The van der Waals surface area contributed by atoms with Crippen molar-refractivity contribution in [2.75, 3.05) is 12.4 Å². The van der Waals surface area contributed by atoms with Crippen LogP contribution in [-0.2, 0) is 6.42 Å². The van der Waals surface area contributed by atoms with E-state index < -0.39 is 0 Å². The molecule has 1 nitrogen and oxygen atoms in total. The first kappa shape index (κ1) is 13.2. The Morgan fingerprint density at radius 3 is 2.33 bits per heavy atom. The number of para-hydroxylation sites is 1. The van der Waals surface area contributed by atoms with Crippen LogP contribution >= 0.6 is 15.9 Å². The Balaban J connectivity index is 2.21. The quantitative estimate of drug-likeness (QED) is 0.743. The molecule has 0 aromatic heterocycles. The third-order valence-corrected chi connectivity index (χ3v) is 3.90. The zero-order chi connectivity index (χ0) is 12.8.